The first-order valence-electron chi connectivity index (χ1n) is 6.81. The van der Waals surface area contributed by atoms with Crippen molar-refractivity contribution in [1.29, 1.82) is 0 Å². The number of hydrogen-bond acceptors (Lipinski definition) is 3. The fourth-order valence-electron chi connectivity index (χ4n) is 1.66. The van der Waals surface area contributed by atoms with E-state index in [1.807, 2.05) is 27.7 Å². The Morgan fingerprint density at radius 3 is 2.33 bits per heavy atom. The molecule has 0 heterocycles. The minimum absolute atomic E-state index is 0.117. The van der Waals surface area contributed by atoms with E-state index in [-0.39, 0.29) is 12.1 Å². The van der Waals surface area contributed by atoms with Gasteiger partial charge in [0, 0.05) is 19.3 Å². The average molecular weight is 259 g/mol. The minimum Gasteiger partial charge on any atom is -0.444 e. The van der Waals surface area contributed by atoms with Crippen LogP contribution in [0.1, 0.15) is 54.4 Å². The van der Waals surface area contributed by atoms with E-state index in [2.05, 4.69) is 19.2 Å². The van der Waals surface area contributed by atoms with Crippen LogP contribution in [0.15, 0.2) is 0 Å². The van der Waals surface area contributed by atoms with Crippen molar-refractivity contribution in [3.8, 4) is 0 Å². The van der Waals surface area contributed by atoms with Gasteiger partial charge in [-0.1, -0.05) is 13.8 Å². The highest BCUT2D eigenvalue weighted by Gasteiger charge is 2.19. The molecule has 0 aromatic carbocycles. The second-order valence-electron chi connectivity index (χ2n) is 5.96. The molecule has 1 amide bonds. The molecule has 0 saturated heterocycles. The summed E-state index contributed by atoms with van der Waals surface area (Å²) in [4.78, 5) is 11.7. The highest BCUT2D eigenvalue weighted by Crippen LogP contribution is 2.11. The van der Waals surface area contributed by atoms with Crippen molar-refractivity contribution in [3.63, 3.8) is 0 Å². The monoisotopic (exact) mass is 259 g/mol. The van der Waals surface area contributed by atoms with E-state index in [0.29, 0.717) is 19.1 Å². The molecule has 18 heavy (non-hydrogen) atoms. The van der Waals surface area contributed by atoms with E-state index < -0.39 is 5.60 Å². The summed E-state index contributed by atoms with van der Waals surface area (Å²) in [6.07, 6.45) is 1.42. The Labute approximate surface area is 111 Å². The molecule has 0 rings (SSSR count). The van der Waals surface area contributed by atoms with Gasteiger partial charge in [-0.25, -0.2) is 4.79 Å². The van der Waals surface area contributed by atoms with Crippen molar-refractivity contribution in [3.05, 3.63) is 0 Å². The molecule has 0 aromatic heterocycles. The molecular weight excluding hydrogens is 230 g/mol. The normalized spacial score (nSPS) is 13.5. The SMILES string of the molecule is CCOCC[C@H](CC(C)C)NC(=O)OC(C)(C)C. The first-order valence-corrected chi connectivity index (χ1v) is 6.81. The molecule has 4 heteroatoms. The van der Waals surface area contributed by atoms with Crippen LogP contribution >= 0.6 is 0 Å². The quantitative estimate of drug-likeness (QED) is 0.713. The summed E-state index contributed by atoms with van der Waals surface area (Å²) >= 11 is 0. The lowest BCUT2D eigenvalue weighted by atomic mass is 10.0. The van der Waals surface area contributed by atoms with Crippen molar-refractivity contribution >= 4 is 6.09 Å². The number of hydrogen-bond donors (Lipinski definition) is 1. The molecule has 0 fully saturated rings. The topological polar surface area (TPSA) is 47.6 Å². The highest BCUT2D eigenvalue weighted by molar-refractivity contribution is 5.68. The Morgan fingerprint density at radius 1 is 1.28 bits per heavy atom. The molecule has 4 nitrogen and oxygen atoms in total. The zero-order chi connectivity index (χ0) is 14.2. The lowest BCUT2D eigenvalue weighted by molar-refractivity contribution is 0.0481. The van der Waals surface area contributed by atoms with Crippen LogP contribution in [-0.2, 0) is 9.47 Å². The second kappa shape index (κ2) is 8.35. The predicted molar refractivity (Wildman–Crippen MR) is 73.7 cm³/mol. The van der Waals surface area contributed by atoms with Crippen LogP contribution in [0, 0.1) is 5.92 Å². The Balaban J connectivity index is 4.17. The number of carbonyl (C=O) groups is 1. The van der Waals surface area contributed by atoms with Crippen LogP contribution in [-0.4, -0.2) is 30.9 Å². The largest absolute Gasteiger partial charge is 0.444 e. The number of nitrogens with one attached hydrogen (secondary N) is 1. The lowest BCUT2D eigenvalue weighted by Crippen LogP contribution is -2.40. The van der Waals surface area contributed by atoms with Gasteiger partial charge in [0.25, 0.3) is 0 Å². The molecule has 1 atom stereocenters. The molecule has 0 bridgehead atoms. The minimum atomic E-state index is -0.452. The molecule has 0 unspecified atom stereocenters. The lowest BCUT2D eigenvalue weighted by Gasteiger charge is -2.24. The van der Waals surface area contributed by atoms with Gasteiger partial charge in [-0.15, -0.1) is 0 Å². The van der Waals surface area contributed by atoms with E-state index in [1.54, 1.807) is 0 Å². The van der Waals surface area contributed by atoms with Crippen molar-refractivity contribution in [2.75, 3.05) is 13.2 Å². The first-order chi connectivity index (χ1) is 8.24. The molecule has 0 saturated carbocycles. The maximum Gasteiger partial charge on any atom is 0.407 e. The zero-order valence-electron chi connectivity index (χ0n) is 12.7. The fourth-order valence-corrected chi connectivity index (χ4v) is 1.66. The van der Waals surface area contributed by atoms with Crippen LogP contribution in [0.2, 0.25) is 0 Å². The number of alkyl carbamates (subject to hydrolysis) is 1. The molecule has 108 valence electrons. The summed E-state index contributed by atoms with van der Waals surface area (Å²) < 4.78 is 10.6. The Hall–Kier alpha value is -0.770. The van der Waals surface area contributed by atoms with Gasteiger partial charge >= 0.3 is 6.09 Å². The summed E-state index contributed by atoms with van der Waals surface area (Å²) in [5.41, 5.74) is -0.452. The van der Waals surface area contributed by atoms with Crippen molar-refractivity contribution in [1.82, 2.24) is 5.32 Å². The van der Waals surface area contributed by atoms with Crippen molar-refractivity contribution < 1.29 is 14.3 Å². The van der Waals surface area contributed by atoms with Crippen LogP contribution < -0.4 is 5.32 Å². The van der Waals surface area contributed by atoms with E-state index >= 15 is 0 Å². The van der Waals surface area contributed by atoms with Gasteiger partial charge in [-0.2, -0.15) is 0 Å². The van der Waals surface area contributed by atoms with Gasteiger partial charge < -0.3 is 14.8 Å². The predicted octanol–water partition coefficient (Wildman–Crippen LogP) is 3.35. The van der Waals surface area contributed by atoms with E-state index in [9.17, 15) is 4.79 Å². The van der Waals surface area contributed by atoms with Crippen LogP contribution in [0.25, 0.3) is 0 Å². The molecule has 0 radical (unpaired) electrons. The second-order valence-corrected chi connectivity index (χ2v) is 5.96. The summed E-state index contributed by atoms with van der Waals surface area (Å²) in [6, 6.07) is 0.117. The number of rotatable bonds is 7. The third-order valence-corrected chi connectivity index (χ3v) is 2.29. The van der Waals surface area contributed by atoms with Gasteiger partial charge in [0.05, 0.1) is 0 Å². The van der Waals surface area contributed by atoms with Gasteiger partial charge in [-0.05, 0) is 46.5 Å². The maximum absolute atomic E-state index is 11.7. The number of ether oxygens (including phenoxy) is 2. The van der Waals surface area contributed by atoms with Gasteiger partial charge in [0.1, 0.15) is 5.60 Å². The third-order valence-electron chi connectivity index (χ3n) is 2.29. The van der Waals surface area contributed by atoms with Crippen LogP contribution in [0.5, 0.6) is 0 Å². The molecule has 1 N–H and O–H groups in total. The summed E-state index contributed by atoms with van der Waals surface area (Å²) in [5.74, 6) is 0.534. The van der Waals surface area contributed by atoms with E-state index in [4.69, 9.17) is 9.47 Å². The van der Waals surface area contributed by atoms with Crippen molar-refractivity contribution in [2.45, 2.75) is 66.0 Å². The number of carbonyl (C=O) groups excluding carboxylic acids is 1. The number of amides is 1. The summed E-state index contributed by atoms with van der Waals surface area (Å²) in [7, 11) is 0. The summed E-state index contributed by atoms with van der Waals surface area (Å²) in [6.45, 7) is 13.2. The smallest absolute Gasteiger partial charge is 0.407 e. The Kier molecular flexibility index (Phi) is 8.00. The fraction of sp³-hybridized carbons (Fsp3) is 0.929. The Bertz CT molecular complexity index is 234. The molecule has 0 aliphatic heterocycles. The molecule has 0 aromatic rings. The van der Waals surface area contributed by atoms with Gasteiger partial charge in [0.2, 0.25) is 0 Å². The van der Waals surface area contributed by atoms with E-state index in [0.717, 1.165) is 12.8 Å². The Morgan fingerprint density at radius 2 is 1.89 bits per heavy atom. The average Bonchev–Trinajstić information content (AvgIpc) is 2.13. The molecule has 0 spiro atoms. The third kappa shape index (κ3) is 10.4. The van der Waals surface area contributed by atoms with Gasteiger partial charge in [0.15, 0.2) is 0 Å². The maximum atomic E-state index is 11.7. The summed E-state index contributed by atoms with van der Waals surface area (Å²) in [5, 5.41) is 2.92. The zero-order valence-corrected chi connectivity index (χ0v) is 12.7. The first kappa shape index (κ1) is 17.2. The van der Waals surface area contributed by atoms with Crippen LogP contribution in [0.4, 0.5) is 4.79 Å². The standard InChI is InChI=1S/C14H29NO3/c1-7-17-9-8-12(10-11(2)3)15-13(16)18-14(4,5)6/h11-12H,7-10H2,1-6H3,(H,15,16)/t12-/m1/s1. The van der Waals surface area contributed by atoms with Gasteiger partial charge in [-0.3, -0.25) is 0 Å². The molecule has 0 aliphatic rings. The highest BCUT2D eigenvalue weighted by atomic mass is 16.6. The van der Waals surface area contributed by atoms with Crippen molar-refractivity contribution in [2.24, 2.45) is 5.92 Å². The van der Waals surface area contributed by atoms with E-state index in [1.165, 1.54) is 0 Å². The molecule has 0 aliphatic carbocycles. The van der Waals surface area contributed by atoms with Crippen LogP contribution in [0.3, 0.4) is 0 Å². The molecular formula is C14H29NO3.